The van der Waals surface area contributed by atoms with Crippen LogP contribution in [0.25, 0.3) is 0 Å². The van der Waals surface area contributed by atoms with Gasteiger partial charge in [0.25, 0.3) is 0 Å². The Balaban J connectivity index is 1.94. The lowest BCUT2D eigenvalue weighted by Gasteiger charge is -2.39. The minimum absolute atomic E-state index is 0.550. The molecule has 0 radical (unpaired) electrons. The summed E-state index contributed by atoms with van der Waals surface area (Å²) < 4.78 is 41.8. The Hall–Kier alpha value is -1.50. The Labute approximate surface area is 167 Å². The van der Waals surface area contributed by atoms with Crippen molar-refractivity contribution in [1.29, 1.82) is 0 Å². The lowest BCUT2D eigenvalue weighted by atomic mass is 10.3. The van der Waals surface area contributed by atoms with Crippen molar-refractivity contribution >= 4 is 24.9 Å². The molecule has 2 aromatic carbocycles. The zero-order chi connectivity index (χ0) is 20.5. The van der Waals surface area contributed by atoms with Crippen molar-refractivity contribution in [3.05, 3.63) is 48.5 Å². The molecule has 2 aliphatic rings. The van der Waals surface area contributed by atoms with E-state index < -0.39 is 36.3 Å². The minimum atomic E-state index is -3.10. The second-order valence-corrected chi connectivity index (χ2v) is 16.9. The Morgan fingerprint density at radius 2 is 0.964 bits per heavy atom. The van der Waals surface area contributed by atoms with Gasteiger partial charge in [0, 0.05) is 10.3 Å². The first-order valence-corrected chi connectivity index (χ1v) is 13.2. The molecule has 2 aromatic rings. The first kappa shape index (κ1) is 19.8. The standard InChI is InChI=1S/C22H28O4P2/c1-21(2,3)27(23)17-13-9-7-11-15(17)25-19(27)20-26-16-12-8-10-14-18(16)28(20,24)22(4,5)6/h7-14,19-20H,1-6H3/t19-,20-,27+,28+/m0/s1. The van der Waals surface area contributed by atoms with Gasteiger partial charge in [0.05, 0.1) is 10.6 Å². The van der Waals surface area contributed by atoms with Gasteiger partial charge in [-0.15, -0.1) is 0 Å². The van der Waals surface area contributed by atoms with Crippen molar-refractivity contribution in [2.45, 2.75) is 63.5 Å². The second kappa shape index (κ2) is 6.00. The van der Waals surface area contributed by atoms with Crippen LogP contribution in [0.1, 0.15) is 41.5 Å². The van der Waals surface area contributed by atoms with Crippen molar-refractivity contribution in [3.8, 4) is 11.5 Å². The summed E-state index contributed by atoms with van der Waals surface area (Å²) in [4.78, 5) is 0. The summed E-state index contributed by atoms with van der Waals surface area (Å²) in [5.41, 5.74) is 0. The van der Waals surface area contributed by atoms with E-state index in [2.05, 4.69) is 0 Å². The number of benzene rings is 2. The van der Waals surface area contributed by atoms with E-state index in [0.29, 0.717) is 11.5 Å². The number of ether oxygens (including phenoxy) is 2. The van der Waals surface area contributed by atoms with Crippen LogP contribution >= 0.6 is 14.3 Å². The quantitative estimate of drug-likeness (QED) is 0.582. The van der Waals surface area contributed by atoms with Crippen LogP contribution in [-0.4, -0.2) is 22.0 Å². The zero-order valence-corrected chi connectivity index (χ0v) is 19.1. The average Bonchev–Trinajstić information content (AvgIpc) is 3.09. The second-order valence-electron chi connectivity index (χ2n) is 9.61. The van der Waals surface area contributed by atoms with Crippen molar-refractivity contribution in [2.24, 2.45) is 0 Å². The van der Waals surface area contributed by atoms with Crippen LogP contribution in [0.4, 0.5) is 0 Å². The third kappa shape index (κ3) is 2.44. The van der Waals surface area contributed by atoms with Crippen molar-refractivity contribution in [1.82, 2.24) is 0 Å². The maximum Gasteiger partial charge on any atom is 0.199 e. The van der Waals surface area contributed by atoms with E-state index in [1.165, 1.54) is 0 Å². The molecule has 2 heterocycles. The van der Waals surface area contributed by atoms with Crippen molar-refractivity contribution in [2.75, 3.05) is 0 Å². The molecule has 4 nitrogen and oxygen atoms in total. The number of hydrogen-bond donors (Lipinski definition) is 0. The Bertz CT molecular complexity index is 946. The highest BCUT2D eigenvalue weighted by atomic mass is 31.2. The number of fused-ring (bicyclic) bond motifs is 2. The normalized spacial score (nSPS) is 31.6. The van der Waals surface area contributed by atoms with Gasteiger partial charge in [-0.05, 0) is 24.3 Å². The topological polar surface area (TPSA) is 52.6 Å². The van der Waals surface area contributed by atoms with E-state index in [4.69, 9.17) is 9.47 Å². The summed E-state index contributed by atoms with van der Waals surface area (Å²) in [6, 6.07) is 15.0. The van der Waals surface area contributed by atoms with Gasteiger partial charge >= 0.3 is 0 Å². The van der Waals surface area contributed by atoms with E-state index in [1.807, 2.05) is 90.1 Å². The summed E-state index contributed by atoms with van der Waals surface area (Å²) in [6.07, 6.45) is 0. The summed E-state index contributed by atoms with van der Waals surface area (Å²) >= 11 is 0. The molecule has 4 atom stereocenters. The third-order valence-electron chi connectivity index (χ3n) is 5.90. The van der Waals surface area contributed by atoms with Gasteiger partial charge in [0.1, 0.15) is 11.5 Å². The molecule has 0 bridgehead atoms. The van der Waals surface area contributed by atoms with Gasteiger partial charge in [-0.3, -0.25) is 0 Å². The first-order valence-electron chi connectivity index (χ1n) is 9.64. The average molecular weight is 418 g/mol. The van der Waals surface area contributed by atoms with Crippen LogP contribution in [0, 0.1) is 0 Å². The molecule has 0 aromatic heterocycles. The predicted octanol–water partition coefficient (Wildman–Crippen LogP) is 5.40. The smallest absolute Gasteiger partial charge is 0.199 e. The van der Waals surface area contributed by atoms with E-state index in [9.17, 15) is 9.13 Å². The molecule has 4 rings (SSSR count). The highest BCUT2D eigenvalue weighted by Crippen LogP contribution is 2.74. The molecule has 28 heavy (non-hydrogen) atoms. The summed E-state index contributed by atoms with van der Waals surface area (Å²) in [5, 5.41) is 0.357. The van der Waals surface area contributed by atoms with Crippen molar-refractivity contribution < 1.29 is 18.6 Å². The largest absolute Gasteiger partial charge is 0.477 e. The summed E-state index contributed by atoms with van der Waals surface area (Å²) in [6.45, 7) is 11.8. The molecular formula is C22H28O4P2. The molecule has 0 N–H and O–H groups in total. The van der Waals surface area contributed by atoms with Gasteiger partial charge < -0.3 is 18.6 Å². The molecule has 0 saturated carbocycles. The maximum atomic E-state index is 14.6. The summed E-state index contributed by atoms with van der Waals surface area (Å²) in [5.74, 6) is -0.318. The van der Waals surface area contributed by atoms with Gasteiger partial charge in [0.15, 0.2) is 26.0 Å². The highest BCUT2D eigenvalue weighted by Gasteiger charge is 2.64. The fraction of sp³-hybridized carbons (Fsp3) is 0.455. The third-order valence-corrected chi connectivity index (χ3v) is 14.5. The predicted molar refractivity (Wildman–Crippen MR) is 116 cm³/mol. The molecule has 2 aliphatic heterocycles. The van der Waals surface area contributed by atoms with Crippen molar-refractivity contribution in [3.63, 3.8) is 0 Å². The molecule has 150 valence electrons. The lowest BCUT2D eigenvalue weighted by Crippen LogP contribution is -2.41. The number of para-hydroxylation sites is 2. The van der Waals surface area contributed by atoms with Crippen LogP contribution in [0.15, 0.2) is 48.5 Å². The molecule has 0 aliphatic carbocycles. The van der Waals surface area contributed by atoms with E-state index in [0.717, 1.165) is 10.6 Å². The molecular weight excluding hydrogens is 390 g/mol. The lowest BCUT2D eigenvalue weighted by molar-refractivity contribution is 0.162. The maximum absolute atomic E-state index is 14.6. The van der Waals surface area contributed by atoms with E-state index >= 15 is 0 Å². The van der Waals surface area contributed by atoms with E-state index in [1.54, 1.807) is 0 Å². The van der Waals surface area contributed by atoms with Crippen LogP contribution in [0.5, 0.6) is 11.5 Å². The number of rotatable bonds is 1. The minimum Gasteiger partial charge on any atom is -0.477 e. The van der Waals surface area contributed by atoms with Crippen LogP contribution < -0.4 is 20.1 Å². The van der Waals surface area contributed by atoms with Gasteiger partial charge in [-0.25, -0.2) is 0 Å². The molecule has 0 unspecified atom stereocenters. The Morgan fingerprint density at radius 3 is 1.29 bits per heavy atom. The Kier molecular flexibility index (Phi) is 4.24. The summed E-state index contributed by atoms with van der Waals surface area (Å²) in [7, 11) is -6.20. The SMILES string of the molecule is CC(C)(C)[P@@]1(=O)c2ccccc2O[C@@H]1[C@H]1Oc2ccccc2[P@]1(=O)C(C)(C)C. The fourth-order valence-electron chi connectivity index (χ4n) is 4.31. The van der Waals surface area contributed by atoms with Crippen LogP contribution in [0.3, 0.4) is 0 Å². The van der Waals surface area contributed by atoms with Gasteiger partial charge in [-0.2, -0.15) is 0 Å². The Morgan fingerprint density at radius 1 is 0.643 bits per heavy atom. The fourth-order valence-corrected chi connectivity index (χ4v) is 11.8. The monoisotopic (exact) mass is 418 g/mol. The zero-order valence-electron chi connectivity index (χ0n) is 17.3. The van der Waals surface area contributed by atoms with Crippen LogP contribution in [0.2, 0.25) is 0 Å². The van der Waals surface area contributed by atoms with Gasteiger partial charge in [0.2, 0.25) is 0 Å². The molecule has 0 fully saturated rings. The molecule has 0 spiro atoms. The van der Waals surface area contributed by atoms with E-state index in [-0.39, 0.29) is 0 Å². The van der Waals surface area contributed by atoms with Gasteiger partial charge in [-0.1, -0.05) is 65.8 Å². The molecule has 0 saturated heterocycles. The molecule has 6 heteroatoms. The van der Waals surface area contributed by atoms with Crippen LogP contribution in [-0.2, 0) is 9.13 Å². The number of hydrogen-bond acceptors (Lipinski definition) is 4. The molecule has 0 amide bonds. The first-order chi connectivity index (χ1) is 12.9. The highest BCUT2D eigenvalue weighted by molar-refractivity contribution is 7.78.